The number of anilines is 1. The molecule has 28 heavy (non-hydrogen) atoms. The zero-order valence-corrected chi connectivity index (χ0v) is 16.9. The number of furan rings is 1. The Kier molecular flexibility index (Phi) is 8.08. The van der Waals surface area contributed by atoms with E-state index in [1.54, 1.807) is 24.3 Å². The second-order valence-electron chi connectivity index (χ2n) is 7.17. The van der Waals surface area contributed by atoms with E-state index in [-0.39, 0.29) is 36.0 Å². The molecule has 2 amide bonds. The summed E-state index contributed by atoms with van der Waals surface area (Å²) in [5, 5.41) is 5.89. The summed E-state index contributed by atoms with van der Waals surface area (Å²) >= 11 is 0. The number of nitrogens with one attached hydrogen (secondary N) is 2. The molecule has 2 aromatic rings. The van der Waals surface area contributed by atoms with Gasteiger partial charge in [0.1, 0.15) is 0 Å². The summed E-state index contributed by atoms with van der Waals surface area (Å²) in [7, 11) is 0. The molecule has 1 heterocycles. The summed E-state index contributed by atoms with van der Waals surface area (Å²) in [5.41, 5.74) is 7.88. The molecule has 1 atom stereocenters. The van der Waals surface area contributed by atoms with Crippen molar-refractivity contribution < 1.29 is 14.0 Å². The molecule has 152 valence electrons. The average Bonchev–Trinajstić information content (AvgIpc) is 3.23. The Hall–Kier alpha value is -2.31. The molecule has 1 saturated carbocycles. The highest BCUT2D eigenvalue weighted by Gasteiger charge is 2.24. The first-order chi connectivity index (χ1) is 13.1. The second-order valence-corrected chi connectivity index (χ2v) is 7.17. The second kappa shape index (κ2) is 10.3. The van der Waals surface area contributed by atoms with Crippen LogP contribution in [0.4, 0.5) is 5.69 Å². The molecule has 0 spiro atoms. The third-order valence-electron chi connectivity index (χ3n) is 5.28. The first-order valence-corrected chi connectivity index (χ1v) is 9.55. The largest absolute Gasteiger partial charge is 0.459 e. The van der Waals surface area contributed by atoms with E-state index in [0.29, 0.717) is 23.7 Å². The van der Waals surface area contributed by atoms with Crippen LogP contribution in [0, 0.1) is 12.8 Å². The molecule has 1 aliphatic rings. The molecule has 1 fully saturated rings. The van der Waals surface area contributed by atoms with Crippen LogP contribution >= 0.6 is 12.4 Å². The van der Waals surface area contributed by atoms with Crippen LogP contribution in [-0.2, 0) is 0 Å². The maximum Gasteiger partial charge on any atom is 0.291 e. The molecule has 4 N–H and O–H groups in total. The average molecular weight is 406 g/mol. The number of amides is 2. The summed E-state index contributed by atoms with van der Waals surface area (Å²) < 4.78 is 5.11. The molecule has 0 radical (unpaired) electrons. The molecule has 6 nitrogen and oxygen atoms in total. The van der Waals surface area contributed by atoms with Crippen molar-refractivity contribution in [3.63, 3.8) is 0 Å². The van der Waals surface area contributed by atoms with Crippen molar-refractivity contribution in [2.45, 2.75) is 45.1 Å². The molecule has 7 heteroatoms. The highest BCUT2D eigenvalue weighted by Crippen LogP contribution is 2.26. The fourth-order valence-corrected chi connectivity index (χ4v) is 3.65. The Morgan fingerprint density at radius 2 is 1.93 bits per heavy atom. The van der Waals surface area contributed by atoms with Crippen molar-refractivity contribution in [2.75, 3.05) is 11.9 Å². The lowest BCUT2D eigenvalue weighted by molar-refractivity contribution is 0.0914. The van der Waals surface area contributed by atoms with Crippen LogP contribution in [0.5, 0.6) is 0 Å². The Balaban J connectivity index is 0.00000280. The molecular formula is C21H28ClN3O3. The lowest BCUT2D eigenvalue weighted by Gasteiger charge is -2.30. The SMILES string of the molecule is Cc1ccc(C(=O)NC(CN)C2CCCCC2)cc1NC(=O)c1ccco1.Cl. The molecule has 1 unspecified atom stereocenters. The van der Waals surface area contributed by atoms with E-state index >= 15 is 0 Å². The topological polar surface area (TPSA) is 97.4 Å². The van der Waals surface area contributed by atoms with Gasteiger partial charge in [-0.2, -0.15) is 0 Å². The highest BCUT2D eigenvalue weighted by atomic mass is 35.5. The van der Waals surface area contributed by atoms with Crippen LogP contribution in [-0.4, -0.2) is 24.4 Å². The Bertz CT molecular complexity index is 786. The zero-order valence-electron chi connectivity index (χ0n) is 16.1. The highest BCUT2D eigenvalue weighted by molar-refractivity contribution is 6.04. The third kappa shape index (κ3) is 5.36. The van der Waals surface area contributed by atoms with Crippen molar-refractivity contribution >= 4 is 29.9 Å². The number of rotatable bonds is 6. The van der Waals surface area contributed by atoms with Crippen LogP contribution < -0.4 is 16.4 Å². The molecule has 1 aromatic heterocycles. The quantitative estimate of drug-likeness (QED) is 0.678. The van der Waals surface area contributed by atoms with Gasteiger partial charge in [0, 0.05) is 23.8 Å². The van der Waals surface area contributed by atoms with Crippen molar-refractivity contribution in [1.29, 1.82) is 0 Å². The number of hydrogen-bond acceptors (Lipinski definition) is 4. The minimum atomic E-state index is -0.345. The molecule has 1 aromatic carbocycles. The summed E-state index contributed by atoms with van der Waals surface area (Å²) in [4.78, 5) is 25.0. The van der Waals surface area contributed by atoms with E-state index < -0.39 is 0 Å². The smallest absolute Gasteiger partial charge is 0.291 e. The third-order valence-corrected chi connectivity index (χ3v) is 5.28. The van der Waals surface area contributed by atoms with E-state index in [9.17, 15) is 9.59 Å². The molecule has 0 aliphatic heterocycles. The Labute approximate surface area is 171 Å². The van der Waals surface area contributed by atoms with Crippen molar-refractivity contribution in [1.82, 2.24) is 5.32 Å². The van der Waals surface area contributed by atoms with E-state index in [2.05, 4.69) is 10.6 Å². The lowest BCUT2D eigenvalue weighted by atomic mass is 9.84. The van der Waals surface area contributed by atoms with Gasteiger partial charge in [-0.3, -0.25) is 9.59 Å². The molecule has 3 rings (SSSR count). The van der Waals surface area contributed by atoms with Crippen LogP contribution in [0.2, 0.25) is 0 Å². The molecule has 0 bridgehead atoms. The van der Waals surface area contributed by atoms with Crippen LogP contribution in [0.1, 0.15) is 58.6 Å². The molecule has 1 aliphatic carbocycles. The predicted molar refractivity (Wildman–Crippen MR) is 112 cm³/mol. The standard InChI is InChI=1S/C21H27N3O3.ClH/c1-14-9-10-16(12-17(14)23-21(26)19-8-5-11-27-19)20(25)24-18(13-22)15-6-3-2-4-7-15;/h5,8-12,15,18H,2-4,6-7,13,22H2,1H3,(H,23,26)(H,24,25);1H. The van der Waals surface area contributed by atoms with E-state index in [1.807, 2.05) is 13.0 Å². The number of nitrogens with two attached hydrogens (primary N) is 1. The molecular weight excluding hydrogens is 378 g/mol. The summed E-state index contributed by atoms with van der Waals surface area (Å²) in [6.07, 6.45) is 7.33. The van der Waals surface area contributed by atoms with Gasteiger partial charge in [0.25, 0.3) is 11.8 Å². The van der Waals surface area contributed by atoms with Crippen LogP contribution in [0.3, 0.4) is 0 Å². The van der Waals surface area contributed by atoms with Gasteiger partial charge in [-0.1, -0.05) is 25.3 Å². The maximum absolute atomic E-state index is 12.7. The van der Waals surface area contributed by atoms with Crippen LogP contribution in [0.25, 0.3) is 0 Å². The number of carbonyl (C=O) groups excluding carboxylic acids is 2. The van der Waals surface area contributed by atoms with Gasteiger partial charge >= 0.3 is 0 Å². The zero-order chi connectivity index (χ0) is 19.2. The van der Waals surface area contributed by atoms with Gasteiger partial charge in [-0.15, -0.1) is 12.4 Å². The van der Waals surface area contributed by atoms with Crippen molar-refractivity contribution in [2.24, 2.45) is 11.7 Å². The minimum Gasteiger partial charge on any atom is -0.459 e. The van der Waals surface area contributed by atoms with Gasteiger partial charge in [-0.05, 0) is 55.5 Å². The van der Waals surface area contributed by atoms with E-state index in [4.69, 9.17) is 10.2 Å². The lowest BCUT2D eigenvalue weighted by Crippen LogP contribution is -2.45. The Morgan fingerprint density at radius 1 is 1.18 bits per heavy atom. The summed E-state index contributed by atoms with van der Waals surface area (Å²) in [6.45, 7) is 2.31. The first kappa shape index (κ1) is 22.0. The summed E-state index contributed by atoms with van der Waals surface area (Å²) in [5.74, 6) is 0.160. The minimum absolute atomic E-state index is 0. The van der Waals surface area contributed by atoms with Crippen molar-refractivity contribution in [3.05, 3.63) is 53.5 Å². The monoisotopic (exact) mass is 405 g/mol. The fraction of sp³-hybridized carbons (Fsp3) is 0.429. The molecule has 0 saturated heterocycles. The maximum atomic E-state index is 12.7. The number of aryl methyl sites for hydroxylation is 1. The van der Waals surface area contributed by atoms with Gasteiger partial charge in [0.15, 0.2) is 5.76 Å². The number of halogens is 1. The van der Waals surface area contributed by atoms with Gasteiger partial charge in [0.05, 0.1) is 6.26 Å². The fourth-order valence-electron chi connectivity index (χ4n) is 3.65. The number of benzene rings is 1. The first-order valence-electron chi connectivity index (χ1n) is 9.55. The van der Waals surface area contributed by atoms with Crippen molar-refractivity contribution in [3.8, 4) is 0 Å². The van der Waals surface area contributed by atoms with E-state index in [1.165, 1.54) is 25.5 Å². The van der Waals surface area contributed by atoms with Crippen LogP contribution in [0.15, 0.2) is 41.0 Å². The predicted octanol–water partition coefficient (Wildman–Crippen LogP) is 3.90. The summed E-state index contributed by atoms with van der Waals surface area (Å²) in [6, 6.07) is 8.52. The number of hydrogen-bond donors (Lipinski definition) is 3. The van der Waals surface area contributed by atoms with E-state index in [0.717, 1.165) is 18.4 Å². The van der Waals surface area contributed by atoms with Gasteiger partial charge in [0.2, 0.25) is 0 Å². The normalized spacial score (nSPS) is 15.4. The van der Waals surface area contributed by atoms with Gasteiger partial charge in [-0.25, -0.2) is 0 Å². The number of carbonyl (C=O) groups is 2. The Morgan fingerprint density at radius 3 is 2.57 bits per heavy atom. The van der Waals surface area contributed by atoms with Gasteiger partial charge < -0.3 is 20.8 Å².